The average molecular weight is 345 g/mol. The third-order valence-electron chi connectivity index (χ3n) is 5.04. The number of pyridine rings is 1. The van der Waals surface area contributed by atoms with Crippen LogP contribution in [0.25, 0.3) is 10.9 Å². The molecule has 1 amide bonds. The van der Waals surface area contributed by atoms with Gasteiger partial charge in [0.15, 0.2) is 0 Å². The maximum atomic E-state index is 13.0. The summed E-state index contributed by atoms with van der Waals surface area (Å²) >= 11 is 0. The number of amides is 1. The van der Waals surface area contributed by atoms with E-state index in [1.54, 1.807) is 0 Å². The number of fused-ring (bicyclic) bond motifs is 1. The van der Waals surface area contributed by atoms with Gasteiger partial charge in [-0.1, -0.05) is 54.6 Å². The average Bonchev–Trinajstić information content (AvgIpc) is 2.68. The summed E-state index contributed by atoms with van der Waals surface area (Å²) in [6.07, 6.45) is 0. The van der Waals surface area contributed by atoms with E-state index in [4.69, 9.17) is 0 Å². The fraction of sp³-hybridized carbons (Fsp3) is 0.273. The Morgan fingerprint density at radius 2 is 1.77 bits per heavy atom. The predicted octanol–water partition coefficient (Wildman–Crippen LogP) is 3.58. The van der Waals surface area contributed by atoms with Crippen LogP contribution in [0.4, 0.5) is 0 Å². The van der Waals surface area contributed by atoms with E-state index in [1.165, 1.54) is 5.56 Å². The molecule has 1 aliphatic heterocycles. The second-order valence-corrected chi connectivity index (χ2v) is 6.96. The first-order valence-corrected chi connectivity index (χ1v) is 9.14. The summed E-state index contributed by atoms with van der Waals surface area (Å²) in [7, 11) is 0. The van der Waals surface area contributed by atoms with Gasteiger partial charge in [-0.25, -0.2) is 4.98 Å². The summed E-state index contributed by atoms with van der Waals surface area (Å²) in [5.74, 6) is 0.0302. The van der Waals surface area contributed by atoms with E-state index in [0.717, 1.165) is 37.1 Å². The van der Waals surface area contributed by atoms with Gasteiger partial charge in [-0.3, -0.25) is 9.69 Å². The van der Waals surface area contributed by atoms with Crippen LogP contribution in [0, 0.1) is 0 Å². The third-order valence-corrected chi connectivity index (χ3v) is 5.04. The van der Waals surface area contributed by atoms with Crippen LogP contribution in [-0.2, 0) is 6.54 Å². The second kappa shape index (κ2) is 7.26. The number of piperazine rings is 1. The van der Waals surface area contributed by atoms with Crippen molar-refractivity contribution in [1.29, 1.82) is 0 Å². The van der Waals surface area contributed by atoms with Crippen LogP contribution < -0.4 is 0 Å². The van der Waals surface area contributed by atoms with Gasteiger partial charge in [0.25, 0.3) is 5.91 Å². The van der Waals surface area contributed by atoms with Crippen molar-refractivity contribution in [3.63, 3.8) is 0 Å². The highest BCUT2D eigenvalue weighted by atomic mass is 16.2. The van der Waals surface area contributed by atoms with E-state index >= 15 is 0 Å². The molecule has 4 nitrogen and oxygen atoms in total. The van der Waals surface area contributed by atoms with Crippen molar-refractivity contribution >= 4 is 16.8 Å². The van der Waals surface area contributed by atoms with Gasteiger partial charge < -0.3 is 4.90 Å². The minimum absolute atomic E-state index is 0.0302. The molecular formula is C22H23N3O. The molecule has 1 atom stereocenters. The Morgan fingerprint density at radius 1 is 1.00 bits per heavy atom. The fourth-order valence-corrected chi connectivity index (χ4v) is 3.65. The first-order chi connectivity index (χ1) is 12.7. The van der Waals surface area contributed by atoms with Gasteiger partial charge in [0.1, 0.15) is 5.69 Å². The number of rotatable bonds is 3. The number of para-hydroxylation sites is 1. The molecule has 2 heterocycles. The monoisotopic (exact) mass is 345 g/mol. The Balaban J connectivity index is 1.45. The van der Waals surface area contributed by atoms with E-state index in [2.05, 4.69) is 41.1 Å². The van der Waals surface area contributed by atoms with E-state index in [9.17, 15) is 4.79 Å². The molecule has 1 aliphatic rings. The Kier molecular flexibility index (Phi) is 4.67. The quantitative estimate of drug-likeness (QED) is 0.728. The summed E-state index contributed by atoms with van der Waals surface area (Å²) in [4.78, 5) is 21.9. The molecule has 3 aromatic rings. The lowest BCUT2D eigenvalue weighted by Crippen LogP contribution is -2.53. The van der Waals surface area contributed by atoms with E-state index < -0.39 is 0 Å². The van der Waals surface area contributed by atoms with Crippen molar-refractivity contribution < 1.29 is 4.79 Å². The lowest BCUT2D eigenvalue weighted by atomic mass is 10.1. The van der Waals surface area contributed by atoms with Gasteiger partial charge in [0, 0.05) is 37.6 Å². The molecule has 0 saturated carbocycles. The van der Waals surface area contributed by atoms with Crippen LogP contribution in [0.15, 0.2) is 66.7 Å². The number of hydrogen-bond donors (Lipinski definition) is 0. The maximum absolute atomic E-state index is 13.0. The SMILES string of the molecule is C[C@@H]1CN(Cc2ccccc2)CCN1C(=O)c1ccc2ccccc2n1. The highest BCUT2D eigenvalue weighted by Gasteiger charge is 2.28. The number of hydrogen-bond acceptors (Lipinski definition) is 3. The van der Waals surface area contributed by atoms with Gasteiger partial charge in [0.05, 0.1) is 5.52 Å². The van der Waals surface area contributed by atoms with Gasteiger partial charge >= 0.3 is 0 Å². The third kappa shape index (κ3) is 3.46. The zero-order chi connectivity index (χ0) is 17.9. The second-order valence-electron chi connectivity index (χ2n) is 6.96. The van der Waals surface area contributed by atoms with Crippen molar-refractivity contribution in [1.82, 2.24) is 14.8 Å². The predicted molar refractivity (Wildman–Crippen MR) is 104 cm³/mol. The molecule has 26 heavy (non-hydrogen) atoms. The normalized spacial score (nSPS) is 18.2. The fourth-order valence-electron chi connectivity index (χ4n) is 3.65. The molecule has 0 unspecified atom stereocenters. The number of carbonyl (C=O) groups excluding carboxylic acids is 1. The zero-order valence-electron chi connectivity index (χ0n) is 15.0. The summed E-state index contributed by atoms with van der Waals surface area (Å²) < 4.78 is 0. The highest BCUT2D eigenvalue weighted by molar-refractivity contribution is 5.95. The molecule has 1 aromatic heterocycles. The van der Waals surface area contributed by atoms with Crippen LogP contribution in [0.2, 0.25) is 0 Å². The summed E-state index contributed by atoms with van der Waals surface area (Å²) in [5.41, 5.74) is 2.72. The molecule has 1 saturated heterocycles. The van der Waals surface area contributed by atoms with E-state index in [-0.39, 0.29) is 11.9 Å². The first-order valence-electron chi connectivity index (χ1n) is 9.14. The van der Waals surface area contributed by atoms with Crippen LogP contribution in [0.5, 0.6) is 0 Å². The van der Waals surface area contributed by atoms with Crippen LogP contribution in [-0.4, -0.2) is 46.4 Å². The summed E-state index contributed by atoms with van der Waals surface area (Å²) in [6.45, 7) is 5.56. The minimum atomic E-state index is 0.0302. The number of carbonyl (C=O) groups is 1. The molecule has 0 bridgehead atoms. The Labute approximate surface area is 154 Å². The van der Waals surface area contributed by atoms with Crippen LogP contribution >= 0.6 is 0 Å². The van der Waals surface area contributed by atoms with Gasteiger partial charge in [-0.2, -0.15) is 0 Å². The van der Waals surface area contributed by atoms with Gasteiger partial charge in [-0.15, -0.1) is 0 Å². The van der Waals surface area contributed by atoms with Crippen molar-refractivity contribution in [3.05, 3.63) is 78.0 Å². The molecule has 2 aromatic carbocycles. The van der Waals surface area contributed by atoms with E-state index in [1.807, 2.05) is 47.4 Å². The molecule has 0 spiro atoms. The molecule has 0 aliphatic carbocycles. The van der Waals surface area contributed by atoms with E-state index in [0.29, 0.717) is 5.69 Å². The number of nitrogens with zero attached hydrogens (tertiary/aromatic N) is 3. The lowest BCUT2D eigenvalue weighted by molar-refractivity contribution is 0.0470. The van der Waals surface area contributed by atoms with Gasteiger partial charge in [-0.05, 0) is 24.6 Å². The van der Waals surface area contributed by atoms with Crippen LogP contribution in [0.1, 0.15) is 23.0 Å². The van der Waals surface area contributed by atoms with Crippen molar-refractivity contribution in [3.8, 4) is 0 Å². The number of benzene rings is 2. The Bertz CT molecular complexity index is 909. The standard InChI is InChI=1S/C22H23N3O/c1-17-15-24(16-18-7-3-2-4-8-18)13-14-25(17)22(26)21-12-11-19-9-5-6-10-20(19)23-21/h2-12,17H,13-16H2,1H3/t17-/m1/s1. The molecule has 4 rings (SSSR count). The Morgan fingerprint density at radius 3 is 2.58 bits per heavy atom. The minimum Gasteiger partial charge on any atom is -0.332 e. The smallest absolute Gasteiger partial charge is 0.272 e. The van der Waals surface area contributed by atoms with Gasteiger partial charge in [0.2, 0.25) is 0 Å². The molecule has 132 valence electrons. The maximum Gasteiger partial charge on any atom is 0.272 e. The largest absolute Gasteiger partial charge is 0.332 e. The molecule has 4 heteroatoms. The molecule has 0 radical (unpaired) electrons. The van der Waals surface area contributed by atoms with Crippen molar-refractivity contribution in [2.75, 3.05) is 19.6 Å². The lowest BCUT2D eigenvalue weighted by Gasteiger charge is -2.39. The zero-order valence-corrected chi connectivity index (χ0v) is 15.0. The molecular weight excluding hydrogens is 322 g/mol. The topological polar surface area (TPSA) is 36.4 Å². The van der Waals surface area contributed by atoms with Crippen LogP contribution in [0.3, 0.4) is 0 Å². The number of aromatic nitrogens is 1. The highest BCUT2D eigenvalue weighted by Crippen LogP contribution is 2.17. The molecule has 1 fully saturated rings. The summed E-state index contributed by atoms with van der Waals surface area (Å²) in [6, 6.07) is 22.4. The molecule has 0 N–H and O–H groups in total. The first kappa shape index (κ1) is 16.7. The van der Waals surface area contributed by atoms with Crippen molar-refractivity contribution in [2.24, 2.45) is 0 Å². The Hall–Kier alpha value is -2.72. The summed E-state index contributed by atoms with van der Waals surface area (Å²) in [5, 5.41) is 1.06. The van der Waals surface area contributed by atoms with Crippen molar-refractivity contribution in [2.45, 2.75) is 19.5 Å².